The Bertz CT molecular complexity index is 495. The van der Waals surface area contributed by atoms with Gasteiger partial charge in [0.1, 0.15) is 9.45 Å². The van der Waals surface area contributed by atoms with Crippen LogP contribution in [0.2, 0.25) is 0 Å². The van der Waals surface area contributed by atoms with Gasteiger partial charge < -0.3 is 4.74 Å². The molecule has 0 saturated carbocycles. The summed E-state index contributed by atoms with van der Waals surface area (Å²) in [6.45, 7) is 0. The van der Waals surface area contributed by atoms with Crippen LogP contribution in [0.4, 0.5) is 0 Å². The number of hydrogen-bond donors (Lipinski definition) is 0. The van der Waals surface area contributed by atoms with Gasteiger partial charge >= 0.3 is 0 Å². The van der Waals surface area contributed by atoms with E-state index in [4.69, 9.17) is 4.74 Å². The number of methoxy groups -OCH3 is 1. The molecule has 0 aliphatic carbocycles. The van der Waals surface area contributed by atoms with Gasteiger partial charge in [-0.25, -0.2) is 0 Å². The predicted molar refractivity (Wildman–Crippen MR) is 67.7 cm³/mol. The van der Waals surface area contributed by atoms with Crippen LogP contribution in [0.5, 0.6) is 5.75 Å². The van der Waals surface area contributed by atoms with Crippen molar-refractivity contribution in [1.82, 2.24) is 9.78 Å². The van der Waals surface area contributed by atoms with Gasteiger partial charge in [-0.2, -0.15) is 5.10 Å². The molecule has 1 aromatic carbocycles. The van der Waals surface area contributed by atoms with E-state index < -0.39 is 0 Å². The Balaban J connectivity index is 2.79. The standard InChI is InChI=1S/C9H8BrIN2O/c1-13-9(11)5-3-6(10)8(14-2)4-7(5)12-13/h3-4H,1-2H3. The quantitative estimate of drug-likeness (QED) is 0.725. The van der Waals surface area contributed by atoms with Crippen LogP contribution in [0, 0.1) is 3.70 Å². The lowest BCUT2D eigenvalue weighted by atomic mass is 10.2. The molecule has 0 unspecified atom stereocenters. The summed E-state index contributed by atoms with van der Waals surface area (Å²) in [4.78, 5) is 0. The summed E-state index contributed by atoms with van der Waals surface area (Å²) in [7, 11) is 3.59. The molecule has 0 radical (unpaired) electrons. The van der Waals surface area contributed by atoms with Crippen LogP contribution >= 0.6 is 38.5 Å². The number of hydrogen-bond acceptors (Lipinski definition) is 2. The fourth-order valence-electron chi connectivity index (χ4n) is 1.33. The number of rotatable bonds is 1. The number of benzene rings is 1. The van der Waals surface area contributed by atoms with Crippen LogP contribution < -0.4 is 4.74 Å². The Morgan fingerprint density at radius 2 is 2.21 bits per heavy atom. The van der Waals surface area contributed by atoms with E-state index in [0.717, 1.165) is 24.8 Å². The van der Waals surface area contributed by atoms with Crippen LogP contribution in [0.15, 0.2) is 16.6 Å². The highest BCUT2D eigenvalue weighted by Gasteiger charge is 2.09. The van der Waals surface area contributed by atoms with E-state index in [0.29, 0.717) is 0 Å². The molecule has 5 heteroatoms. The normalized spacial score (nSPS) is 10.9. The third-order valence-electron chi connectivity index (χ3n) is 2.03. The summed E-state index contributed by atoms with van der Waals surface area (Å²) in [5, 5.41) is 5.51. The van der Waals surface area contributed by atoms with Gasteiger partial charge in [-0.1, -0.05) is 0 Å². The maximum absolute atomic E-state index is 5.20. The average Bonchev–Trinajstić information content (AvgIpc) is 2.43. The molecule has 3 nitrogen and oxygen atoms in total. The first-order chi connectivity index (χ1) is 6.63. The summed E-state index contributed by atoms with van der Waals surface area (Å²) >= 11 is 5.73. The molecule has 1 heterocycles. The van der Waals surface area contributed by atoms with Gasteiger partial charge in [0, 0.05) is 18.5 Å². The second kappa shape index (κ2) is 3.69. The molecule has 0 bridgehead atoms. The lowest BCUT2D eigenvalue weighted by molar-refractivity contribution is 0.412. The van der Waals surface area contributed by atoms with Crippen molar-refractivity contribution < 1.29 is 4.74 Å². The van der Waals surface area contributed by atoms with Gasteiger partial charge in [-0.3, -0.25) is 4.68 Å². The number of halogens is 2. The fraction of sp³-hybridized carbons (Fsp3) is 0.222. The van der Waals surface area contributed by atoms with Gasteiger partial charge in [0.2, 0.25) is 0 Å². The van der Waals surface area contributed by atoms with E-state index in [9.17, 15) is 0 Å². The van der Waals surface area contributed by atoms with Crippen LogP contribution in [0.25, 0.3) is 10.9 Å². The summed E-state index contributed by atoms with van der Waals surface area (Å²) in [6, 6.07) is 3.96. The lowest BCUT2D eigenvalue weighted by Gasteiger charge is -2.01. The molecule has 0 fully saturated rings. The van der Waals surface area contributed by atoms with E-state index in [1.54, 1.807) is 7.11 Å². The maximum atomic E-state index is 5.20. The van der Waals surface area contributed by atoms with Crippen molar-refractivity contribution in [2.24, 2.45) is 7.05 Å². The highest BCUT2D eigenvalue weighted by Crippen LogP contribution is 2.31. The number of aromatic nitrogens is 2. The molecular formula is C9H8BrIN2O. The molecule has 2 rings (SSSR count). The van der Waals surface area contributed by atoms with Crippen molar-refractivity contribution in [3.05, 3.63) is 20.3 Å². The zero-order valence-electron chi connectivity index (χ0n) is 7.71. The average molecular weight is 367 g/mol. The molecule has 0 atom stereocenters. The smallest absolute Gasteiger partial charge is 0.135 e. The van der Waals surface area contributed by atoms with E-state index in [1.165, 1.54) is 0 Å². The molecule has 0 amide bonds. The third-order valence-corrected chi connectivity index (χ3v) is 3.93. The molecule has 0 saturated heterocycles. The summed E-state index contributed by atoms with van der Waals surface area (Å²) in [5.74, 6) is 0.812. The van der Waals surface area contributed by atoms with E-state index in [2.05, 4.69) is 43.6 Å². The molecule has 74 valence electrons. The fourth-order valence-corrected chi connectivity index (χ4v) is 2.37. The Labute approximate surface area is 104 Å². The number of fused-ring (bicyclic) bond motifs is 1. The maximum Gasteiger partial charge on any atom is 0.135 e. The molecule has 0 aliphatic heterocycles. The number of aryl methyl sites for hydroxylation is 1. The van der Waals surface area contributed by atoms with Crippen LogP contribution in [-0.2, 0) is 7.05 Å². The monoisotopic (exact) mass is 366 g/mol. The van der Waals surface area contributed by atoms with Crippen molar-refractivity contribution in [1.29, 1.82) is 0 Å². The minimum absolute atomic E-state index is 0.812. The lowest BCUT2D eigenvalue weighted by Crippen LogP contribution is -1.91. The Kier molecular flexibility index (Phi) is 2.70. The second-order valence-electron chi connectivity index (χ2n) is 2.92. The third kappa shape index (κ3) is 1.52. The van der Waals surface area contributed by atoms with Gasteiger partial charge in [0.25, 0.3) is 0 Å². The SMILES string of the molecule is COc1cc2nn(C)c(I)c2cc1Br. The van der Waals surface area contributed by atoms with Crippen molar-refractivity contribution in [3.63, 3.8) is 0 Å². The summed E-state index contributed by atoms with van der Waals surface area (Å²) < 4.78 is 9.14. The molecule has 0 aliphatic rings. The van der Waals surface area contributed by atoms with Crippen LogP contribution in [0.3, 0.4) is 0 Å². The second-order valence-corrected chi connectivity index (χ2v) is 4.79. The molecule has 2 aromatic rings. The first-order valence-corrected chi connectivity index (χ1v) is 5.86. The minimum atomic E-state index is 0.812. The Hall–Kier alpha value is -0.300. The molecular weight excluding hydrogens is 359 g/mol. The van der Waals surface area contributed by atoms with Gasteiger partial charge in [-0.05, 0) is 44.6 Å². The van der Waals surface area contributed by atoms with Crippen molar-refractivity contribution >= 4 is 49.4 Å². The van der Waals surface area contributed by atoms with E-state index in [-0.39, 0.29) is 0 Å². The Morgan fingerprint density at radius 3 is 2.86 bits per heavy atom. The van der Waals surface area contributed by atoms with Gasteiger partial charge in [0.05, 0.1) is 17.1 Å². The highest BCUT2D eigenvalue weighted by molar-refractivity contribution is 14.1. The molecule has 14 heavy (non-hydrogen) atoms. The van der Waals surface area contributed by atoms with Crippen LogP contribution in [-0.4, -0.2) is 16.9 Å². The Morgan fingerprint density at radius 1 is 1.50 bits per heavy atom. The topological polar surface area (TPSA) is 27.1 Å². The van der Waals surface area contributed by atoms with Gasteiger partial charge in [-0.15, -0.1) is 0 Å². The van der Waals surface area contributed by atoms with Crippen molar-refractivity contribution in [2.45, 2.75) is 0 Å². The van der Waals surface area contributed by atoms with Crippen molar-refractivity contribution in [2.75, 3.05) is 7.11 Å². The molecule has 0 N–H and O–H groups in total. The summed E-state index contributed by atoms with van der Waals surface area (Å²) in [6.07, 6.45) is 0. The number of nitrogens with zero attached hydrogens (tertiary/aromatic N) is 2. The first kappa shape index (κ1) is 10.2. The largest absolute Gasteiger partial charge is 0.495 e. The van der Waals surface area contributed by atoms with Gasteiger partial charge in [0.15, 0.2) is 0 Å². The van der Waals surface area contributed by atoms with Crippen molar-refractivity contribution in [3.8, 4) is 5.75 Å². The zero-order valence-corrected chi connectivity index (χ0v) is 11.5. The molecule has 1 aromatic heterocycles. The number of ether oxygens (including phenoxy) is 1. The highest BCUT2D eigenvalue weighted by atomic mass is 127. The zero-order chi connectivity index (χ0) is 10.3. The predicted octanol–water partition coefficient (Wildman–Crippen LogP) is 2.95. The molecule has 0 spiro atoms. The van der Waals surface area contributed by atoms with Crippen LogP contribution in [0.1, 0.15) is 0 Å². The summed E-state index contributed by atoms with van der Waals surface area (Å²) in [5.41, 5.74) is 0.956. The van der Waals surface area contributed by atoms with E-state index >= 15 is 0 Å². The van der Waals surface area contributed by atoms with E-state index in [1.807, 2.05) is 23.9 Å². The minimum Gasteiger partial charge on any atom is -0.495 e. The first-order valence-electron chi connectivity index (χ1n) is 3.99.